The zero-order valence-electron chi connectivity index (χ0n) is 39.6. The van der Waals surface area contributed by atoms with Gasteiger partial charge in [-0.05, 0) is 82.3 Å². The van der Waals surface area contributed by atoms with Gasteiger partial charge in [0.2, 0.25) is 29.5 Å². The van der Waals surface area contributed by atoms with Crippen LogP contribution < -0.4 is 31.9 Å². The Balaban J connectivity index is 1.46. The third-order valence-corrected chi connectivity index (χ3v) is 11.9. The van der Waals surface area contributed by atoms with E-state index in [9.17, 15) is 33.6 Å². The molecule has 4 rings (SSSR count). The van der Waals surface area contributed by atoms with Crippen LogP contribution in [0.5, 0.6) is 0 Å². The summed E-state index contributed by atoms with van der Waals surface area (Å²) in [5.41, 5.74) is 0.809. The van der Waals surface area contributed by atoms with Crippen molar-refractivity contribution in [1.82, 2.24) is 36.8 Å². The van der Waals surface area contributed by atoms with E-state index < -0.39 is 83.5 Å². The predicted molar refractivity (Wildman–Crippen MR) is 254 cm³/mol. The number of hydrogen-bond donors (Lipinski definition) is 6. The van der Waals surface area contributed by atoms with Crippen LogP contribution in [0.3, 0.4) is 0 Å². The fourth-order valence-corrected chi connectivity index (χ4v) is 8.39. The van der Waals surface area contributed by atoms with Gasteiger partial charge in [-0.3, -0.25) is 29.0 Å². The van der Waals surface area contributed by atoms with Crippen LogP contribution >= 0.6 is 11.8 Å². The van der Waals surface area contributed by atoms with Crippen molar-refractivity contribution < 1.29 is 43.0 Å². The van der Waals surface area contributed by atoms with E-state index in [0.29, 0.717) is 31.0 Å². The standard InChI is InChI=1S/C48H70N8O9S/c1-30(2)27-36(53-47(63)65-48(6,7)8)41(58)52-37(28-33-17-11-9-12-18-33)44(61)56-26-16-22-38(56)42(59)54-39(31(3)4)43(60)51-35(40(57)55-45-49-25-23-32(5)66-45)21-15-24-50-46(62)64-29-34-19-13-10-14-20-34/h9-14,17-20,30-32,35-39H,15-16,21-29H2,1-8H3,(H,50,62)(H,51,60)(H,52,58)(H,53,63)(H,54,59)(H,49,55,57)/t32?,35-,36-,37+,38-,39-/m0/s1. The molecule has 6 atom stereocenters. The second-order valence-corrected chi connectivity index (χ2v) is 20.0. The fraction of sp³-hybridized carbons (Fsp3) is 0.583. The second-order valence-electron chi connectivity index (χ2n) is 18.6. The zero-order chi connectivity index (χ0) is 48.4. The first-order valence-electron chi connectivity index (χ1n) is 23.0. The Bertz CT molecular complexity index is 1980. The van der Waals surface area contributed by atoms with Gasteiger partial charge in [-0.2, -0.15) is 0 Å². The lowest BCUT2D eigenvalue weighted by molar-refractivity contribution is -0.142. The van der Waals surface area contributed by atoms with Crippen molar-refractivity contribution in [3.63, 3.8) is 0 Å². The number of likely N-dealkylation sites (tertiary alicyclic amines) is 1. The summed E-state index contributed by atoms with van der Waals surface area (Å²) >= 11 is 1.43. The molecule has 0 spiro atoms. The molecule has 0 radical (unpaired) electrons. The normalized spacial score (nSPS) is 17.9. The van der Waals surface area contributed by atoms with Gasteiger partial charge in [0.25, 0.3) is 0 Å². The Kier molecular flexibility index (Phi) is 20.8. The SMILES string of the molecule is CC(C)C[C@H](NC(=O)OC(C)(C)C)C(=O)N[C@H](Cc1ccccc1)C(=O)N1CCC[C@H]1C(=O)N[C@H](C(=O)N[C@@H](CCCNC(=O)OCc1ccccc1)C(=O)NC1=NCCC(C)S1)C(C)C. The van der Waals surface area contributed by atoms with Crippen LogP contribution in [0.1, 0.15) is 105 Å². The van der Waals surface area contributed by atoms with Gasteiger partial charge in [0, 0.05) is 31.3 Å². The van der Waals surface area contributed by atoms with Gasteiger partial charge in [-0.25, -0.2) is 9.59 Å². The van der Waals surface area contributed by atoms with E-state index >= 15 is 0 Å². The van der Waals surface area contributed by atoms with Crippen molar-refractivity contribution >= 4 is 58.7 Å². The second kappa shape index (κ2) is 25.9. The summed E-state index contributed by atoms with van der Waals surface area (Å²) in [7, 11) is 0. The molecular weight excluding hydrogens is 865 g/mol. The third kappa shape index (κ3) is 18.0. The molecule has 2 aliphatic heterocycles. The molecule has 0 aliphatic carbocycles. The third-order valence-electron chi connectivity index (χ3n) is 10.8. The van der Waals surface area contributed by atoms with Crippen molar-refractivity contribution in [2.45, 2.75) is 148 Å². The van der Waals surface area contributed by atoms with Crippen molar-refractivity contribution in [1.29, 1.82) is 0 Å². The Morgan fingerprint density at radius 1 is 0.788 bits per heavy atom. The number of rotatable bonds is 20. The topological polar surface area (TPSA) is 226 Å². The van der Waals surface area contributed by atoms with E-state index in [1.54, 1.807) is 34.6 Å². The Morgan fingerprint density at radius 3 is 2.06 bits per heavy atom. The Morgan fingerprint density at radius 2 is 1.44 bits per heavy atom. The molecule has 1 saturated heterocycles. The van der Waals surface area contributed by atoms with Crippen LogP contribution in [0.4, 0.5) is 9.59 Å². The van der Waals surface area contributed by atoms with Crippen LogP contribution in [-0.2, 0) is 46.5 Å². The highest BCUT2D eigenvalue weighted by Gasteiger charge is 2.40. The summed E-state index contributed by atoms with van der Waals surface area (Å²) in [6, 6.07) is 13.2. The van der Waals surface area contributed by atoms with E-state index in [1.807, 2.05) is 81.4 Å². The maximum Gasteiger partial charge on any atom is 0.408 e. The molecule has 18 heteroatoms. The number of aliphatic imine (C=N–C) groups is 1. The van der Waals surface area contributed by atoms with Crippen LogP contribution in [0.2, 0.25) is 0 Å². The first kappa shape index (κ1) is 53.0. The highest BCUT2D eigenvalue weighted by Crippen LogP contribution is 2.22. The summed E-state index contributed by atoms with van der Waals surface area (Å²) in [6.45, 7) is 15.6. The molecule has 0 saturated carbocycles. The number of alkyl carbamates (subject to hydrolysis) is 2. The van der Waals surface area contributed by atoms with Gasteiger partial charge in [0.15, 0.2) is 5.17 Å². The van der Waals surface area contributed by atoms with Gasteiger partial charge in [0.05, 0.1) is 0 Å². The van der Waals surface area contributed by atoms with Gasteiger partial charge in [-0.1, -0.05) is 107 Å². The van der Waals surface area contributed by atoms with Crippen LogP contribution in [0.15, 0.2) is 65.7 Å². The Hall–Kier alpha value is -5.65. The summed E-state index contributed by atoms with van der Waals surface area (Å²) in [6.07, 6.45) is 1.15. The number of nitrogens with zero attached hydrogens (tertiary/aromatic N) is 2. The number of amides is 7. The monoisotopic (exact) mass is 934 g/mol. The molecule has 1 unspecified atom stereocenters. The summed E-state index contributed by atoms with van der Waals surface area (Å²) < 4.78 is 10.7. The molecule has 17 nitrogen and oxygen atoms in total. The maximum absolute atomic E-state index is 14.5. The number of ether oxygens (including phenoxy) is 2. The van der Waals surface area contributed by atoms with E-state index in [0.717, 1.165) is 17.5 Å². The molecule has 2 heterocycles. The van der Waals surface area contributed by atoms with E-state index in [4.69, 9.17) is 9.47 Å². The lowest BCUT2D eigenvalue weighted by atomic mass is 10.00. The highest BCUT2D eigenvalue weighted by molar-refractivity contribution is 8.14. The van der Waals surface area contributed by atoms with Gasteiger partial charge >= 0.3 is 12.2 Å². The number of carbonyl (C=O) groups is 7. The largest absolute Gasteiger partial charge is 0.445 e. The number of amidine groups is 1. The minimum Gasteiger partial charge on any atom is -0.445 e. The number of benzene rings is 2. The number of nitrogens with one attached hydrogen (secondary N) is 6. The molecule has 66 heavy (non-hydrogen) atoms. The Labute approximate surface area is 393 Å². The van der Waals surface area contributed by atoms with Crippen molar-refractivity contribution in [3.8, 4) is 0 Å². The quantitative estimate of drug-likeness (QED) is 0.0978. The number of thioether (sulfide) groups is 1. The summed E-state index contributed by atoms with van der Waals surface area (Å²) in [4.78, 5) is 102. The zero-order valence-corrected chi connectivity index (χ0v) is 40.5. The maximum atomic E-state index is 14.5. The smallest absolute Gasteiger partial charge is 0.408 e. The van der Waals surface area contributed by atoms with Gasteiger partial charge < -0.3 is 46.3 Å². The molecule has 2 aromatic carbocycles. The summed E-state index contributed by atoms with van der Waals surface area (Å²) in [5.74, 6) is -3.11. The van der Waals surface area contributed by atoms with Crippen LogP contribution in [0, 0.1) is 11.8 Å². The highest BCUT2D eigenvalue weighted by atomic mass is 32.2. The van der Waals surface area contributed by atoms with E-state index in [1.165, 1.54) is 16.7 Å². The fourth-order valence-electron chi connectivity index (χ4n) is 7.46. The molecule has 1 fully saturated rings. The van der Waals surface area contributed by atoms with Crippen LogP contribution in [0.25, 0.3) is 0 Å². The molecule has 0 aromatic heterocycles. The first-order valence-corrected chi connectivity index (χ1v) is 23.9. The van der Waals surface area contributed by atoms with Crippen LogP contribution in [-0.4, -0.2) is 112 Å². The molecule has 6 N–H and O–H groups in total. The molecule has 362 valence electrons. The summed E-state index contributed by atoms with van der Waals surface area (Å²) in [5, 5.41) is 17.5. The van der Waals surface area contributed by atoms with Crippen molar-refractivity contribution in [3.05, 3.63) is 71.8 Å². The lowest BCUT2D eigenvalue weighted by Crippen LogP contribution is -2.60. The molecule has 0 bridgehead atoms. The average Bonchev–Trinajstić information content (AvgIpc) is 3.75. The van der Waals surface area contributed by atoms with E-state index in [-0.39, 0.29) is 50.1 Å². The lowest BCUT2D eigenvalue weighted by Gasteiger charge is -2.32. The minimum atomic E-state index is -1.10. The minimum absolute atomic E-state index is 0.00800. The van der Waals surface area contributed by atoms with Gasteiger partial charge in [-0.15, -0.1) is 0 Å². The molecule has 2 aromatic rings. The molecule has 2 aliphatic rings. The van der Waals surface area contributed by atoms with E-state index in [2.05, 4.69) is 36.9 Å². The molecule has 7 amide bonds. The van der Waals surface area contributed by atoms with Gasteiger partial charge in [0.1, 0.15) is 42.4 Å². The number of carbonyl (C=O) groups excluding carboxylic acids is 7. The van der Waals surface area contributed by atoms with Crippen molar-refractivity contribution in [2.24, 2.45) is 16.8 Å². The average molecular weight is 935 g/mol. The number of hydrogen-bond acceptors (Lipinski definition) is 11. The molecular formula is C48H70N8O9S. The predicted octanol–water partition coefficient (Wildman–Crippen LogP) is 4.97. The first-order chi connectivity index (χ1) is 31.3. The van der Waals surface area contributed by atoms with Crippen molar-refractivity contribution in [2.75, 3.05) is 19.6 Å².